The largest absolute Gasteiger partial charge is 0.380 e. The van der Waals surface area contributed by atoms with E-state index in [-0.39, 0.29) is 23.2 Å². The third kappa shape index (κ3) is 2.20. The standard InChI is InChI=1S/C14H16FIN6O/c1-7-10(15)11-9-12(19-14(23)22(16)13(9)18-7)21-4-3-20(2)6-8(21)5-17-11/h8,17H,3-6H2,1-2H3. The third-order valence-electron chi connectivity index (χ3n) is 4.54. The summed E-state index contributed by atoms with van der Waals surface area (Å²) in [5.41, 5.74) is 0.759. The zero-order valence-corrected chi connectivity index (χ0v) is 15.0. The van der Waals surface area contributed by atoms with Gasteiger partial charge in [0.1, 0.15) is 5.82 Å². The molecule has 0 spiro atoms. The number of halogens is 2. The summed E-state index contributed by atoms with van der Waals surface area (Å²) in [6.45, 7) is 4.69. The molecule has 7 nitrogen and oxygen atoms in total. The van der Waals surface area contributed by atoms with E-state index < -0.39 is 0 Å². The van der Waals surface area contributed by atoms with E-state index >= 15 is 0 Å². The molecule has 4 rings (SSSR count). The molecule has 23 heavy (non-hydrogen) atoms. The Balaban J connectivity index is 2.06. The van der Waals surface area contributed by atoms with Crippen LogP contribution < -0.4 is 15.9 Å². The highest BCUT2D eigenvalue weighted by Crippen LogP contribution is 2.36. The van der Waals surface area contributed by atoms with Gasteiger partial charge in [-0.25, -0.2) is 16.9 Å². The molecule has 1 unspecified atom stereocenters. The van der Waals surface area contributed by atoms with Gasteiger partial charge in [0.05, 0.1) is 45.7 Å². The van der Waals surface area contributed by atoms with Crippen molar-refractivity contribution in [2.24, 2.45) is 0 Å². The van der Waals surface area contributed by atoms with Gasteiger partial charge in [0, 0.05) is 26.2 Å². The molecule has 1 fully saturated rings. The average molecular weight is 430 g/mol. The molecule has 2 aromatic heterocycles. The molecule has 0 aromatic carbocycles. The summed E-state index contributed by atoms with van der Waals surface area (Å²) in [6, 6.07) is 0.140. The number of rotatable bonds is 0. The molecule has 9 heteroatoms. The number of pyridine rings is 1. The highest BCUT2D eigenvalue weighted by Gasteiger charge is 2.33. The minimum atomic E-state index is -0.378. The van der Waals surface area contributed by atoms with E-state index in [0.717, 1.165) is 19.6 Å². The van der Waals surface area contributed by atoms with Crippen molar-refractivity contribution in [1.82, 2.24) is 17.6 Å². The summed E-state index contributed by atoms with van der Waals surface area (Å²) < 4.78 is 16.0. The first-order valence-electron chi connectivity index (χ1n) is 7.45. The summed E-state index contributed by atoms with van der Waals surface area (Å²) in [6.07, 6.45) is 0. The van der Waals surface area contributed by atoms with Crippen LogP contribution in [0.4, 0.5) is 15.9 Å². The summed E-state index contributed by atoms with van der Waals surface area (Å²) in [5, 5.41) is 3.81. The maximum absolute atomic E-state index is 14.6. The molecule has 2 aliphatic rings. The Morgan fingerprint density at radius 2 is 2.13 bits per heavy atom. The van der Waals surface area contributed by atoms with Crippen molar-refractivity contribution in [1.29, 1.82) is 0 Å². The van der Waals surface area contributed by atoms with Crippen LogP contribution in [0, 0.1) is 12.7 Å². The fraction of sp³-hybridized carbons (Fsp3) is 0.500. The van der Waals surface area contributed by atoms with Gasteiger partial charge in [0.15, 0.2) is 11.5 Å². The Morgan fingerprint density at radius 3 is 2.91 bits per heavy atom. The molecule has 2 aliphatic heterocycles. The molecule has 1 saturated heterocycles. The highest BCUT2D eigenvalue weighted by atomic mass is 127. The summed E-state index contributed by atoms with van der Waals surface area (Å²) in [4.78, 5) is 25.1. The molecule has 0 amide bonds. The van der Waals surface area contributed by atoms with Crippen LogP contribution in [0.2, 0.25) is 0 Å². The van der Waals surface area contributed by atoms with Gasteiger partial charge in [-0.15, -0.1) is 0 Å². The summed E-state index contributed by atoms with van der Waals surface area (Å²) in [5.74, 6) is 0.172. The zero-order chi connectivity index (χ0) is 16.3. The predicted octanol–water partition coefficient (Wildman–Crippen LogP) is 0.983. The molecule has 2 aromatic rings. The predicted molar refractivity (Wildman–Crippen MR) is 95.0 cm³/mol. The lowest BCUT2D eigenvalue weighted by molar-refractivity contribution is 0.272. The van der Waals surface area contributed by atoms with E-state index in [2.05, 4.69) is 32.1 Å². The van der Waals surface area contributed by atoms with Gasteiger partial charge < -0.3 is 15.1 Å². The number of aromatic nitrogens is 3. The zero-order valence-electron chi connectivity index (χ0n) is 12.8. The molecule has 1 N–H and O–H groups in total. The summed E-state index contributed by atoms with van der Waals surface area (Å²) in [7, 11) is 2.06. The normalized spacial score (nSPS) is 21.0. The van der Waals surface area contributed by atoms with Gasteiger partial charge in [-0.1, -0.05) is 0 Å². The van der Waals surface area contributed by atoms with Crippen LogP contribution in [0.25, 0.3) is 11.0 Å². The Morgan fingerprint density at radius 1 is 1.35 bits per heavy atom. The SMILES string of the molecule is Cc1nc2c3c(nc(=O)n2I)N2CCN(C)CC2CNc3c1F. The van der Waals surface area contributed by atoms with E-state index in [1.807, 2.05) is 22.9 Å². The Labute approximate surface area is 146 Å². The lowest BCUT2D eigenvalue weighted by Crippen LogP contribution is -2.54. The third-order valence-corrected chi connectivity index (χ3v) is 5.41. The average Bonchev–Trinajstić information content (AvgIpc) is 2.67. The van der Waals surface area contributed by atoms with Gasteiger partial charge in [0.2, 0.25) is 0 Å². The van der Waals surface area contributed by atoms with E-state index in [1.165, 1.54) is 2.78 Å². The van der Waals surface area contributed by atoms with Crippen LogP contribution in [0.15, 0.2) is 4.79 Å². The number of fused-ring (bicyclic) bond motifs is 2. The topological polar surface area (TPSA) is 66.3 Å². The monoisotopic (exact) mass is 430 g/mol. The lowest BCUT2D eigenvalue weighted by Gasteiger charge is -2.39. The van der Waals surface area contributed by atoms with Crippen LogP contribution in [0.1, 0.15) is 5.69 Å². The van der Waals surface area contributed by atoms with E-state index in [1.54, 1.807) is 6.92 Å². The molecule has 122 valence electrons. The van der Waals surface area contributed by atoms with Gasteiger partial charge in [-0.05, 0) is 14.0 Å². The van der Waals surface area contributed by atoms with Crippen LogP contribution in [-0.4, -0.2) is 56.9 Å². The molecule has 0 bridgehead atoms. The van der Waals surface area contributed by atoms with Gasteiger partial charge in [0.25, 0.3) is 0 Å². The minimum absolute atomic E-state index is 0.140. The number of anilines is 2. The minimum Gasteiger partial charge on any atom is -0.380 e. The Bertz CT molecular complexity index is 869. The van der Waals surface area contributed by atoms with Crippen molar-refractivity contribution in [2.45, 2.75) is 13.0 Å². The molecule has 0 aliphatic carbocycles. The number of aryl methyl sites for hydroxylation is 1. The maximum atomic E-state index is 14.6. The number of hydrogen-bond acceptors (Lipinski definition) is 6. The number of hydrogen-bond donors (Lipinski definition) is 1. The van der Waals surface area contributed by atoms with Crippen molar-refractivity contribution in [3.63, 3.8) is 0 Å². The molecular formula is C14H16FIN6O. The van der Waals surface area contributed by atoms with Crippen LogP contribution in [0.5, 0.6) is 0 Å². The number of piperazine rings is 1. The van der Waals surface area contributed by atoms with Crippen molar-refractivity contribution in [2.75, 3.05) is 43.4 Å². The number of nitrogens with one attached hydrogen (secondary N) is 1. The smallest absolute Gasteiger partial charge is 0.360 e. The second kappa shape index (κ2) is 5.26. The highest BCUT2D eigenvalue weighted by molar-refractivity contribution is 14.1. The van der Waals surface area contributed by atoms with Gasteiger partial charge >= 0.3 is 5.69 Å². The van der Waals surface area contributed by atoms with Crippen LogP contribution >= 0.6 is 22.9 Å². The molecule has 4 heterocycles. The van der Waals surface area contributed by atoms with E-state index in [9.17, 15) is 9.18 Å². The van der Waals surface area contributed by atoms with E-state index in [0.29, 0.717) is 29.1 Å². The first-order valence-corrected chi connectivity index (χ1v) is 8.42. The van der Waals surface area contributed by atoms with Crippen molar-refractivity contribution in [3.8, 4) is 0 Å². The Hall–Kier alpha value is -1.49. The van der Waals surface area contributed by atoms with Crippen molar-refractivity contribution >= 4 is 45.4 Å². The molecule has 0 radical (unpaired) electrons. The fourth-order valence-corrected chi connectivity index (χ4v) is 3.82. The first kappa shape index (κ1) is 15.1. The first-order chi connectivity index (χ1) is 11.0. The van der Waals surface area contributed by atoms with Gasteiger partial charge in [-0.2, -0.15) is 4.98 Å². The number of likely N-dealkylation sites (N-methyl/N-ethyl adjacent to an activating group) is 1. The second-order valence-corrected chi connectivity index (χ2v) is 7.04. The number of nitrogens with zero attached hydrogens (tertiary/aromatic N) is 5. The van der Waals surface area contributed by atoms with Crippen LogP contribution in [0.3, 0.4) is 0 Å². The van der Waals surface area contributed by atoms with Gasteiger partial charge in [-0.3, -0.25) is 0 Å². The maximum Gasteiger partial charge on any atom is 0.360 e. The molecule has 0 saturated carbocycles. The fourth-order valence-electron chi connectivity index (χ4n) is 3.36. The Kier molecular flexibility index (Phi) is 3.45. The second-order valence-electron chi connectivity index (χ2n) is 6.07. The van der Waals surface area contributed by atoms with E-state index in [4.69, 9.17) is 0 Å². The lowest BCUT2D eigenvalue weighted by atomic mass is 10.1. The molecule has 1 atom stereocenters. The quantitative estimate of drug-likeness (QED) is 0.629. The van der Waals surface area contributed by atoms with Crippen molar-refractivity contribution < 1.29 is 4.39 Å². The molecular weight excluding hydrogens is 414 g/mol. The van der Waals surface area contributed by atoms with Crippen molar-refractivity contribution in [3.05, 3.63) is 22.0 Å². The van der Waals surface area contributed by atoms with Crippen LogP contribution in [-0.2, 0) is 0 Å². The summed E-state index contributed by atoms with van der Waals surface area (Å²) >= 11 is 1.87.